The van der Waals surface area contributed by atoms with Crippen molar-refractivity contribution in [3.63, 3.8) is 0 Å². The van der Waals surface area contributed by atoms with Gasteiger partial charge in [-0.05, 0) is 26.2 Å². The van der Waals surface area contributed by atoms with Gasteiger partial charge < -0.3 is 10.4 Å². The van der Waals surface area contributed by atoms with Crippen molar-refractivity contribution >= 4 is 11.5 Å². The van der Waals surface area contributed by atoms with Gasteiger partial charge in [0.2, 0.25) is 5.82 Å². The summed E-state index contributed by atoms with van der Waals surface area (Å²) in [5.74, 6) is 0.440. The fourth-order valence-electron chi connectivity index (χ4n) is 3.09. The van der Waals surface area contributed by atoms with Crippen LogP contribution in [0.15, 0.2) is 0 Å². The van der Waals surface area contributed by atoms with Crippen molar-refractivity contribution in [3.8, 4) is 0 Å². The first-order chi connectivity index (χ1) is 10.0. The molecular formula is C14H24N4O3. The molecule has 0 saturated heterocycles. The topological polar surface area (TPSA) is 93.2 Å². The van der Waals surface area contributed by atoms with Crippen molar-refractivity contribution in [1.29, 1.82) is 0 Å². The zero-order valence-electron chi connectivity index (χ0n) is 12.8. The fraction of sp³-hybridized carbons (Fsp3) is 0.786. The quantitative estimate of drug-likeness (QED) is 0.621. The second-order valence-corrected chi connectivity index (χ2v) is 5.89. The zero-order chi connectivity index (χ0) is 15.5. The van der Waals surface area contributed by atoms with E-state index < -0.39 is 5.54 Å². The number of hydrogen-bond donors (Lipinski definition) is 2. The summed E-state index contributed by atoms with van der Waals surface area (Å²) in [7, 11) is 0. The maximum atomic E-state index is 11.3. The number of aryl methyl sites for hydroxylation is 2. The van der Waals surface area contributed by atoms with Gasteiger partial charge in [-0.3, -0.25) is 10.1 Å². The zero-order valence-corrected chi connectivity index (χ0v) is 12.8. The first-order valence-corrected chi connectivity index (χ1v) is 7.64. The maximum Gasteiger partial charge on any atom is 0.333 e. The lowest BCUT2D eigenvalue weighted by Crippen LogP contribution is -2.44. The summed E-state index contributed by atoms with van der Waals surface area (Å²) < 4.78 is 1.67. The third-order valence-electron chi connectivity index (χ3n) is 4.21. The van der Waals surface area contributed by atoms with Crippen LogP contribution in [-0.2, 0) is 6.54 Å². The lowest BCUT2D eigenvalue weighted by atomic mass is 9.82. The van der Waals surface area contributed by atoms with Gasteiger partial charge in [0, 0.05) is 6.54 Å². The van der Waals surface area contributed by atoms with E-state index in [2.05, 4.69) is 10.4 Å². The molecule has 1 saturated carbocycles. The van der Waals surface area contributed by atoms with E-state index in [-0.39, 0.29) is 17.2 Å². The summed E-state index contributed by atoms with van der Waals surface area (Å²) in [5.41, 5.74) is -0.0113. The second-order valence-electron chi connectivity index (χ2n) is 5.89. The van der Waals surface area contributed by atoms with Crippen LogP contribution in [-0.4, -0.2) is 32.0 Å². The van der Waals surface area contributed by atoms with Crippen molar-refractivity contribution in [1.82, 2.24) is 9.78 Å². The number of rotatable bonds is 6. The highest BCUT2D eigenvalue weighted by atomic mass is 16.6. The summed E-state index contributed by atoms with van der Waals surface area (Å²) in [4.78, 5) is 11.0. The molecule has 1 heterocycles. The molecule has 0 spiro atoms. The predicted octanol–water partition coefficient (Wildman–Crippen LogP) is 2.62. The summed E-state index contributed by atoms with van der Waals surface area (Å²) in [6, 6.07) is 0. The van der Waals surface area contributed by atoms with Crippen molar-refractivity contribution < 1.29 is 10.0 Å². The van der Waals surface area contributed by atoms with E-state index in [9.17, 15) is 15.2 Å². The van der Waals surface area contributed by atoms with Gasteiger partial charge in [-0.2, -0.15) is 5.10 Å². The highest BCUT2D eigenvalue weighted by Crippen LogP contribution is 2.36. The largest absolute Gasteiger partial charge is 0.394 e. The van der Waals surface area contributed by atoms with Gasteiger partial charge in [0.1, 0.15) is 5.69 Å². The summed E-state index contributed by atoms with van der Waals surface area (Å²) in [5, 5.41) is 28.7. The van der Waals surface area contributed by atoms with E-state index in [0.717, 1.165) is 38.5 Å². The normalized spacial score (nSPS) is 17.7. The highest BCUT2D eigenvalue weighted by Gasteiger charge is 2.36. The molecule has 0 aliphatic heterocycles. The minimum absolute atomic E-state index is 0.0134. The van der Waals surface area contributed by atoms with E-state index in [1.54, 1.807) is 11.6 Å². The average Bonchev–Trinajstić information content (AvgIpc) is 2.76. The molecule has 7 nitrogen and oxygen atoms in total. The molecule has 21 heavy (non-hydrogen) atoms. The standard InChI is InChI=1S/C14H24N4O3/c1-3-9-17-13(12(18(20)21)11(2)16-17)15-14(10-19)7-5-4-6-8-14/h15,19H,3-10H2,1-2H3. The summed E-state index contributed by atoms with van der Waals surface area (Å²) in [6.07, 6.45) is 5.72. The van der Waals surface area contributed by atoms with Crippen LogP contribution >= 0.6 is 0 Å². The molecule has 1 fully saturated rings. The SMILES string of the molecule is CCCn1nc(C)c([N+](=O)[O-])c1NC1(CO)CCCCC1. The van der Waals surface area contributed by atoms with Crippen molar-refractivity contribution in [2.45, 2.75) is 64.5 Å². The molecule has 1 aromatic rings. The van der Waals surface area contributed by atoms with Gasteiger partial charge in [0.05, 0.1) is 17.1 Å². The van der Waals surface area contributed by atoms with Crippen molar-refractivity contribution in [2.24, 2.45) is 0 Å². The number of anilines is 1. The molecule has 2 rings (SSSR count). The van der Waals surface area contributed by atoms with Crippen LogP contribution in [0, 0.1) is 17.0 Å². The first-order valence-electron chi connectivity index (χ1n) is 7.64. The molecule has 0 bridgehead atoms. The minimum atomic E-state index is -0.457. The molecule has 2 N–H and O–H groups in total. The van der Waals surface area contributed by atoms with E-state index in [0.29, 0.717) is 18.1 Å². The van der Waals surface area contributed by atoms with Gasteiger partial charge in [0.15, 0.2) is 0 Å². The van der Waals surface area contributed by atoms with Crippen LogP contribution in [0.25, 0.3) is 0 Å². The number of nitrogens with one attached hydrogen (secondary N) is 1. The van der Waals surface area contributed by atoms with Crippen molar-refractivity contribution in [3.05, 3.63) is 15.8 Å². The number of aliphatic hydroxyl groups is 1. The molecular weight excluding hydrogens is 272 g/mol. The van der Waals surface area contributed by atoms with Crippen LogP contribution in [0.5, 0.6) is 0 Å². The Labute approximate surface area is 124 Å². The Kier molecular flexibility index (Phi) is 4.82. The maximum absolute atomic E-state index is 11.3. The predicted molar refractivity (Wildman–Crippen MR) is 80.4 cm³/mol. The van der Waals surface area contributed by atoms with Crippen LogP contribution in [0.4, 0.5) is 11.5 Å². The van der Waals surface area contributed by atoms with E-state index in [1.807, 2.05) is 6.92 Å². The number of nitro groups is 1. The smallest absolute Gasteiger partial charge is 0.333 e. The Bertz CT molecular complexity index is 507. The number of hydrogen-bond acceptors (Lipinski definition) is 5. The van der Waals surface area contributed by atoms with Crippen LogP contribution in [0.2, 0.25) is 0 Å². The fourth-order valence-corrected chi connectivity index (χ4v) is 3.09. The lowest BCUT2D eigenvalue weighted by molar-refractivity contribution is -0.384. The average molecular weight is 296 g/mol. The van der Waals surface area contributed by atoms with Gasteiger partial charge in [0.25, 0.3) is 0 Å². The highest BCUT2D eigenvalue weighted by molar-refractivity contribution is 5.61. The molecule has 0 amide bonds. The molecule has 1 aromatic heterocycles. The molecule has 7 heteroatoms. The lowest BCUT2D eigenvalue weighted by Gasteiger charge is -2.37. The number of nitrogens with zero attached hydrogens (tertiary/aromatic N) is 3. The molecule has 0 radical (unpaired) electrons. The monoisotopic (exact) mass is 296 g/mol. The van der Waals surface area contributed by atoms with Gasteiger partial charge in [-0.15, -0.1) is 0 Å². The first kappa shape index (κ1) is 15.8. The summed E-state index contributed by atoms with van der Waals surface area (Å²) >= 11 is 0. The molecule has 1 aliphatic rings. The number of aromatic nitrogens is 2. The van der Waals surface area contributed by atoms with E-state index in [1.165, 1.54) is 0 Å². The van der Waals surface area contributed by atoms with Crippen LogP contribution in [0.3, 0.4) is 0 Å². The van der Waals surface area contributed by atoms with Crippen molar-refractivity contribution in [2.75, 3.05) is 11.9 Å². The third kappa shape index (κ3) is 3.18. The minimum Gasteiger partial charge on any atom is -0.394 e. The number of aliphatic hydroxyl groups excluding tert-OH is 1. The Morgan fingerprint density at radius 1 is 1.43 bits per heavy atom. The Morgan fingerprint density at radius 2 is 2.10 bits per heavy atom. The Morgan fingerprint density at radius 3 is 2.62 bits per heavy atom. The molecule has 118 valence electrons. The summed E-state index contributed by atoms with van der Waals surface area (Å²) in [6.45, 7) is 4.27. The Balaban J connectivity index is 2.38. The Hall–Kier alpha value is -1.63. The van der Waals surface area contributed by atoms with Gasteiger partial charge in [-0.1, -0.05) is 26.2 Å². The van der Waals surface area contributed by atoms with Gasteiger partial charge in [-0.25, -0.2) is 4.68 Å². The second kappa shape index (κ2) is 6.43. The van der Waals surface area contributed by atoms with Crippen LogP contribution in [0.1, 0.15) is 51.1 Å². The van der Waals surface area contributed by atoms with Crippen LogP contribution < -0.4 is 5.32 Å². The molecule has 0 aromatic carbocycles. The molecule has 0 unspecified atom stereocenters. The third-order valence-corrected chi connectivity index (χ3v) is 4.21. The molecule has 0 atom stereocenters. The van der Waals surface area contributed by atoms with Gasteiger partial charge >= 0.3 is 5.69 Å². The van der Waals surface area contributed by atoms with E-state index in [4.69, 9.17) is 0 Å². The van der Waals surface area contributed by atoms with E-state index >= 15 is 0 Å². The molecule has 1 aliphatic carbocycles.